The van der Waals surface area contributed by atoms with Crippen molar-refractivity contribution in [3.63, 3.8) is 0 Å². The number of nitrogens with zero attached hydrogens (tertiary/aromatic N) is 2. The number of carboxylic acid groups (broad SMARTS) is 2. The van der Waals surface area contributed by atoms with E-state index in [0.717, 1.165) is 11.1 Å². The Labute approximate surface area is 153 Å². The molecule has 3 rings (SSSR count). The predicted octanol–water partition coefficient (Wildman–Crippen LogP) is 3.81. The molecule has 0 aliphatic heterocycles. The highest BCUT2D eigenvalue weighted by Gasteiger charge is 2.03. The summed E-state index contributed by atoms with van der Waals surface area (Å²) in [5.74, 6) is -1.34. The highest BCUT2D eigenvalue weighted by Crippen LogP contribution is 2.12. The van der Waals surface area contributed by atoms with Crippen molar-refractivity contribution < 1.29 is 24.2 Å². The maximum atomic E-state index is 10.8. The monoisotopic (exact) mass is 362 g/mol. The fourth-order valence-electron chi connectivity index (χ4n) is 2.19. The molecule has 7 heteroatoms. The Morgan fingerprint density at radius 2 is 1.04 bits per heavy atom. The smallest absolute Gasteiger partial charge is 0.335 e. The minimum absolute atomic E-state index is 0.216. The molecule has 0 atom stereocenters. The van der Waals surface area contributed by atoms with Crippen molar-refractivity contribution in [1.82, 2.24) is 10.2 Å². The third-order valence-electron chi connectivity index (χ3n) is 3.61. The van der Waals surface area contributed by atoms with Gasteiger partial charge in [-0.05, 0) is 47.5 Å². The van der Waals surface area contributed by atoms with Crippen molar-refractivity contribution in [2.24, 2.45) is 0 Å². The SMILES string of the molecule is O=C(O)c1ccc(/C=C\c2nnc(/C=C\c3ccc(C(=O)O)cc3)o2)cc1. The van der Waals surface area contributed by atoms with E-state index in [1.807, 2.05) is 0 Å². The lowest BCUT2D eigenvalue weighted by atomic mass is 10.1. The van der Waals surface area contributed by atoms with E-state index in [2.05, 4.69) is 10.2 Å². The summed E-state index contributed by atoms with van der Waals surface area (Å²) in [6.45, 7) is 0. The normalized spacial score (nSPS) is 11.3. The van der Waals surface area contributed by atoms with E-state index in [1.54, 1.807) is 48.6 Å². The Kier molecular flexibility index (Phi) is 5.22. The van der Waals surface area contributed by atoms with Crippen molar-refractivity contribution >= 4 is 36.2 Å². The Bertz CT molecular complexity index is 933. The lowest BCUT2D eigenvalue weighted by Gasteiger charge is -1.95. The highest BCUT2D eigenvalue weighted by atomic mass is 16.4. The summed E-state index contributed by atoms with van der Waals surface area (Å²) in [5.41, 5.74) is 2.03. The minimum atomic E-state index is -0.976. The van der Waals surface area contributed by atoms with Gasteiger partial charge in [-0.3, -0.25) is 0 Å². The van der Waals surface area contributed by atoms with E-state index < -0.39 is 11.9 Å². The van der Waals surface area contributed by atoms with Gasteiger partial charge in [0, 0.05) is 12.2 Å². The van der Waals surface area contributed by atoms with Crippen molar-refractivity contribution in [2.75, 3.05) is 0 Å². The van der Waals surface area contributed by atoms with Gasteiger partial charge in [-0.25, -0.2) is 9.59 Å². The van der Waals surface area contributed by atoms with Crippen LogP contribution in [-0.2, 0) is 0 Å². The molecule has 134 valence electrons. The van der Waals surface area contributed by atoms with Crippen molar-refractivity contribution in [3.8, 4) is 0 Å². The molecule has 0 unspecified atom stereocenters. The number of carboxylic acids is 2. The number of benzene rings is 2. The molecule has 7 nitrogen and oxygen atoms in total. The Balaban J connectivity index is 1.65. The molecule has 0 bridgehead atoms. The van der Waals surface area contributed by atoms with Crippen LogP contribution in [0, 0.1) is 0 Å². The molecule has 2 aromatic carbocycles. The van der Waals surface area contributed by atoms with Crippen LogP contribution in [0.3, 0.4) is 0 Å². The number of hydrogen-bond acceptors (Lipinski definition) is 5. The first-order valence-corrected chi connectivity index (χ1v) is 7.88. The maximum Gasteiger partial charge on any atom is 0.335 e. The molecule has 0 radical (unpaired) electrons. The van der Waals surface area contributed by atoms with Gasteiger partial charge in [0.2, 0.25) is 11.8 Å². The van der Waals surface area contributed by atoms with Crippen LogP contribution in [0.5, 0.6) is 0 Å². The fraction of sp³-hybridized carbons (Fsp3) is 0. The van der Waals surface area contributed by atoms with E-state index in [9.17, 15) is 9.59 Å². The Hall–Kier alpha value is -4.00. The van der Waals surface area contributed by atoms with Gasteiger partial charge in [-0.1, -0.05) is 24.3 Å². The second kappa shape index (κ2) is 7.92. The molecule has 0 saturated carbocycles. The van der Waals surface area contributed by atoms with Gasteiger partial charge in [0.1, 0.15) is 0 Å². The first-order chi connectivity index (χ1) is 13.0. The second-order valence-electron chi connectivity index (χ2n) is 5.50. The number of hydrogen-bond donors (Lipinski definition) is 2. The minimum Gasteiger partial charge on any atom is -0.478 e. The fourth-order valence-corrected chi connectivity index (χ4v) is 2.19. The van der Waals surface area contributed by atoms with Crippen LogP contribution < -0.4 is 0 Å². The standard InChI is InChI=1S/C20H14N2O5/c23-19(24)15-7-1-13(2-8-15)5-11-17-21-22-18(27-17)12-6-14-3-9-16(10-4-14)20(25)26/h1-12H,(H,23,24)(H,25,26)/b11-5-,12-6-. The van der Waals surface area contributed by atoms with Gasteiger partial charge in [-0.2, -0.15) is 0 Å². The van der Waals surface area contributed by atoms with Crippen LogP contribution in [0.2, 0.25) is 0 Å². The van der Waals surface area contributed by atoms with E-state index in [-0.39, 0.29) is 11.1 Å². The summed E-state index contributed by atoms with van der Waals surface area (Å²) in [6, 6.07) is 12.8. The van der Waals surface area contributed by atoms with Crippen LogP contribution in [0.1, 0.15) is 43.6 Å². The molecule has 0 amide bonds. The van der Waals surface area contributed by atoms with E-state index in [0.29, 0.717) is 11.8 Å². The summed E-state index contributed by atoms with van der Waals surface area (Å²) in [5, 5.41) is 25.5. The summed E-state index contributed by atoms with van der Waals surface area (Å²) in [7, 11) is 0. The molecule has 2 N–H and O–H groups in total. The highest BCUT2D eigenvalue weighted by molar-refractivity contribution is 5.88. The van der Waals surface area contributed by atoms with Gasteiger partial charge in [0.25, 0.3) is 0 Å². The quantitative estimate of drug-likeness (QED) is 0.685. The summed E-state index contributed by atoms with van der Waals surface area (Å²) < 4.78 is 5.47. The average Bonchev–Trinajstić information content (AvgIpc) is 3.13. The average molecular weight is 362 g/mol. The van der Waals surface area contributed by atoms with Gasteiger partial charge >= 0.3 is 11.9 Å². The van der Waals surface area contributed by atoms with E-state index >= 15 is 0 Å². The van der Waals surface area contributed by atoms with Crippen LogP contribution >= 0.6 is 0 Å². The molecule has 0 spiro atoms. The molecule has 1 aromatic heterocycles. The van der Waals surface area contributed by atoms with E-state index in [4.69, 9.17) is 14.6 Å². The summed E-state index contributed by atoms with van der Waals surface area (Å²) in [4.78, 5) is 21.6. The van der Waals surface area contributed by atoms with Gasteiger partial charge in [0.15, 0.2) is 0 Å². The lowest BCUT2D eigenvalue weighted by Crippen LogP contribution is -1.94. The topological polar surface area (TPSA) is 114 Å². The van der Waals surface area contributed by atoms with Crippen LogP contribution in [0.4, 0.5) is 0 Å². The number of carbonyl (C=O) groups is 2. The predicted molar refractivity (Wildman–Crippen MR) is 99.0 cm³/mol. The van der Waals surface area contributed by atoms with Gasteiger partial charge in [0.05, 0.1) is 11.1 Å². The van der Waals surface area contributed by atoms with Gasteiger partial charge in [-0.15, -0.1) is 10.2 Å². The van der Waals surface area contributed by atoms with Crippen LogP contribution in [0.15, 0.2) is 52.9 Å². The molecule has 0 aliphatic carbocycles. The summed E-state index contributed by atoms with van der Waals surface area (Å²) >= 11 is 0. The third-order valence-corrected chi connectivity index (χ3v) is 3.61. The van der Waals surface area contributed by atoms with Crippen LogP contribution in [0.25, 0.3) is 24.3 Å². The first-order valence-electron chi connectivity index (χ1n) is 7.88. The third kappa shape index (κ3) is 4.76. The molecule has 0 aliphatic rings. The zero-order valence-electron chi connectivity index (χ0n) is 13.9. The number of aromatic nitrogens is 2. The van der Waals surface area contributed by atoms with Gasteiger partial charge < -0.3 is 14.6 Å². The number of rotatable bonds is 6. The van der Waals surface area contributed by atoms with Crippen molar-refractivity contribution in [2.45, 2.75) is 0 Å². The Morgan fingerprint density at radius 3 is 1.37 bits per heavy atom. The zero-order valence-corrected chi connectivity index (χ0v) is 13.9. The molecule has 0 saturated heterocycles. The second-order valence-corrected chi connectivity index (χ2v) is 5.50. The largest absolute Gasteiger partial charge is 0.478 e. The Morgan fingerprint density at radius 1 is 0.667 bits per heavy atom. The molecular weight excluding hydrogens is 348 g/mol. The molecule has 0 fully saturated rings. The lowest BCUT2D eigenvalue weighted by molar-refractivity contribution is 0.0686. The zero-order chi connectivity index (χ0) is 19.2. The molecule has 3 aromatic rings. The maximum absolute atomic E-state index is 10.8. The number of aromatic carboxylic acids is 2. The summed E-state index contributed by atoms with van der Waals surface area (Å²) in [6.07, 6.45) is 6.72. The molecule has 27 heavy (non-hydrogen) atoms. The van der Waals surface area contributed by atoms with Crippen molar-refractivity contribution in [1.29, 1.82) is 0 Å². The van der Waals surface area contributed by atoms with Crippen molar-refractivity contribution in [3.05, 3.63) is 82.6 Å². The van der Waals surface area contributed by atoms with E-state index in [1.165, 1.54) is 24.3 Å². The molecule has 1 heterocycles. The van der Waals surface area contributed by atoms with Crippen LogP contribution in [-0.4, -0.2) is 32.3 Å². The first kappa shape index (κ1) is 17.8. The molecular formula is C20H14N2O5.